The van der Waals surface area contributed by atoms with Crippen molar-refractivity contribution in [3.8, 4) is 5.69 Å². The van der Waals surface area contributed by atoms with E-state index < -0.39 is 34.6 Å². The summed E-state index contributed by atoms with van der Waals surface area (Å²) in [5.41, 5.74) is -4.63. The number of alkyl halides is 3. The van der Waals surface area contributed by atoms with Gasteiger partial charge in [-0.2, -0.15) is 13.2 Å². The molecular weight excluding hydrogens is 370 g/mol. The highest BCUT2D eigenvalue weighted by Gasteiger charge is 2.35. The van der Waals surface area contributed by atoms with Crippen LogP contribution in [0.2, 0.25) is 5.02 Å². The largest absolute Gasteiger partial charge is 0.431 e. The lowest BCUT2D eigenvalue weighted by molar-refractivity contribution is -0.144. The van der Waals surface area contributed by atoms with E-state index in [-0.39, 0.29) is 25.8 Å². The van der Waals surface area contributed by atoms with Crippen LogP contribution in [-0.2, 0) is 18.1 Å². The number of hydrogen-bond acceptors (Lipinski definition) is 4. The van der Waals surface area contributed by atoms with E-state index in [9.17, 15) is 27.2 Å². The number of hydrogen-bond donors (Lipinski definition) is 0. The Morgan fingerprint density at radius 2 is 1.88 bits per heavy atom. The van der Waals surface area contributed by atoms with Gasteiger partial charge in [-0.3, -0.25) is 9.36 Å². The van der Waals surface area contributed by atoms with E-state index in [4.69, 9.17) is 11.6 Å². The summed E-state index contributed by atoms with van der Waals surface area (Å²) in [6, 6.07) is 2.01. The topological polar surface area (TPSA) is 65.6 Å². The third-order valence-electron chi connectivity index (χ3n) is 3.21. The van der Waals surface area contributed by atoms with Gasteiger partial charge in [-0.05, 0) is 12.1 Å². The van der Waals surface area contributed by atoms with Crippen molar-refractivity contribution in [2.45, 2.75) is 6.18 Å². The monoisotopic (exact) mass is 379 g/mol. The highest BCUT2D eigenvalue weighted by molar-refractivity contribution is 6.33. The van der Waals surface area contributed by atoms with Gasteiger partial charge in [0.05, 0.1) is 16.9 Å². The van der Waals surface area contributed by atoms with Gasteiger partial charge in [0.15, 0.2) is 0 Å². The molecule has 0 saturated heterocycles. The maximum atomic E-state index is 14.2. The number of oxime groups is 1. The van der Waals surface area contributed by atoms with Gasteiger partial charge in [-0.25, -0.2) is 13.8 Å². The van der Waals surface area contributed by atoms with Gasteiger partial charge in [0.2, 0.25) is 0 Å². The average Bonchev–Trinajstić information content (AvgIpc) is 2.50. The lowest BCUT2D eigenvalue weighted by Crippen LogP contribution is -2.41. The molecule has 0 unspecified atom stereocenters. The van der Waals surface area contributed by atoms with Gasteiger partial charge in [-0.15, -0.1) is 0 Å². The highest BCUT2D eigenvalue weighted by Crippen LogP contribution is 2.27. The van der Waals surface area contributed by atoms with Crippen molar-refractivity contribution in [3.63, 3.8) is 0 Å². The maximum Gasteiger partial charge on any atom is 0.431 e. The van der Waals surface area contributed by atoms with E-state index in [1.54, 1.807) is 0 Å². The Labute approximate surface area is 142 Å². The Morgan fingerprint density at radius 1 is 1.24 bits per heavy atom. The van der Waals surface area contributed by atoms with Crippen LogP contribution in [0, 0.1) is 5.82 Å². The van der Waals surface area contributed by atoms with Crippen LogP contribution in [0.3, 0.4) is 0 Å². The molecule has 1 heterocycles. The minimum Gasteiger partial charge on any atom is -0.399 e. The van der Waals surface area contributed by atoms with Crippen LogP contribution >= 0.6 is 11.6 Å². The zero-order chi connectivity index (χ0) is 18.9. The standard InChI is InChI=1S/C14H10ClF4N3O3/c1-21-11(14(17,18)19)5-12(23)22(13(21)24)10-3-7(6-20-25-2)8(15)4-9(10)16/h3-6H,1-2H3. The molecule has 0 bridgehead atoms. The summed E-state index contributed by atoms with van der Waals surface area (Å²) in [4.78, 5) is 28.7. The predicted octanol–water partition coefficient (Wildman–Crippen LogP) is 2.33. The molecule has 6 nitrogen and oxygen atoms in total. The van der Waals surface area contributed by atoms with Crippen LogP contribution in [0.1, 0.15) is 11.3 Å². The molecule has 2 aromatic rings. The van der Waals surface area contributed by atoms with E-state index in [0.717, 1.165) is 25.4 Å². The second kappa shape index (κ2) is 6.71. The fourth-order valence-electron chi connectivity index (χ4n) is 2.05. The number of aromatic nitrogens is 2. The minimum absolute atomic E-state index is 0.0915. The predicted molar refractivity (Wildman–Crippen MR) is 81.9 cm³/mol. The van der Waals surface area contributed by atoms with Crippen LogP contribution in [0.4, 0.5) is 17.6 Å². The molecule has 0 spiro atoms. The molecule has 0 radical (unpaired) electrons. The molecule has 11 heteroatoms. The van der Waals surface area contributed by atoms with Gasteiger partial charge in [0.1, 0.15) is 18.6 Å². The summed E-state index contributed by atoms with van der Waals surface area (Å²) < 4.78 is 53.2. The summed E-state index contributed by atoms with van der Waals surface area (Å²) in [5.74, 6) is -1.07. The van der Waals surface area contributed by atoms with E-state index in [1.165, 1.54) is 7.11 Å². The van der Waals surface area contributed by atoms with Crippen molar-refractivity contribution >= 4 is 17.8 Å². The molecule has 1 aromatic heterocycles. The van der Waals surface area contributed by atoms with E-state index in [1.807, 2.05) is 0 Å². The van der Waals surface area contributed by atoms with Crippen molar-refractivity contribution < 1.29 is 22.4 Å². The Morgan fingerprint density at radius 3 is 2.44 bits per heavy atom. The average molecular weight is 380 g/mol. The van der Waals surface area contributed by atoms with Crippen LogP contribution in [0.25, 0.3) is 5.69 Å². The van der Waals surface area contributed by atoms with E-state index in [2.05, 4.69) is 9.99 Å². The molecule has 0 aliphatic heterocycles. The summed E-state index contributed by atoms with van der Waals surface area (Å²) in [6.45, 7) is 0. The number of benzene rings is 1. The molecule has 0 amide bonds. The first-order valence-corrected chi connectivity index (χ1v) is 6.92. The lowest BCUT2D eigenvalue weighted by atomic mass is 10.2. The van der Waals surface area contributed by atoms with Crippen LogP contribution in [0.5, 0.6) is 0 Å². The zero-order valence-electron chi connectivity index (χ0n) is 12.8. The Balaban J connectivity index is 2.80. The Kier molecular flexibility index (Phi) is 5.02. The minimum atomic E-state index is -4.92. The summed E-state index contributed by atoms with van der Waals surface area (Å²) in [7, 11) is 2.06. The molecule has 134 valence electrons. The molecule has 0 aliphatic carbocycles. The van der Waals surface area contributed by atoms with E-state index >= 15 is 0 Å². The van der Waals surface area contributed by atoms with Crippen molar-refractivity contribution in [1.82, 2.24) is 9.13 Å². The fraction of sp³-hybridized carbons (Fsp3) is 0.214. The molecule has 0 atom stereocenters. The third kappa shape index (κ3) is 3.58. The summed E-state index contributed by atoms with van der Waals surface area (Å²) in [6.07, 6.45) is -3.83. The van der Waals surface area contributed by atoms with Crippen molar-refractivity contribution in [3.05, 3.63) is 61.1 Å². The second-order valence-electron chi connectivity index (χ2n) is 4.78. The maximum absolute atomic E-state index is 14.2. The van der Waals surface area contributed by atoms with Crippen molar-refractivity contribution in [2.24, 2.45) is 12.2 Å². The Bertz CT molecular complexity index is 964. The highest BCUT2D eigenvalue weighted by atomic mass is 35.5. The van der Waals surface area contributed by atoms with Gasteiger partial charge in [-0.1, -0.05) is 16.8 Å². The molecule has 2 rings (SSSR count). The molecule has 0 fully saturated rings. The quantitative estimate of drug-likeness (QED) is 0.467. The number of nitrogens with zero attached hydrogens (tertiary/aromatic N) is 3. The van der Waals surface area contributed by atoms with Gasteiger partial charge < -0.3 is 4.84 Å². The molecule has 1 aromatic carbocycles. The van der Waals surface area contributed by atoms with Gasteiger partial charge >= 0.3 is 11.9 Å². The molecule has 0 N–H and O–H groups in total. The first-order valence-electron chi connectivity index (χ1n) is 6.54. The summed E-state index contributed by atoms with van der Waals surface area (Å²) in [5, 5.41) is 3.33. The van der Waals surface area contributed by atoms with Crippen molar-refractivity contribution in [1.29, 1.82) is 0 Å². The van der Waals surface area contributed by atoms with Crippen LogP contribution in [-0.4, -0.2) is 22.5 Å². The normalized spacial score (nSPS) is 12.0. The third-order valence-corrected chi connectivity index (χ3v) is 3.54. The molecule has 0 saturated carbocycles. The summed E-state index contributed by atoms with van der Waals surface area (Å²) >= 11 is 5.81. The molecule has 0 aliphatic rings. The lowest BCUT2D eigenvalue weighted by Gasteiger charge is -2.14. The first kappa shape index (κ1) is 18.7. The Hall–Kier alpha value is -2.62. The SMILES string of the molecule is CON=Cc1cc(-n2c(=O)cc(C(F)(F)F)n(C)c2=O)c(F)cc1Cl. The number of halogens is 5. The van der Waals surface area contributed by atoms with Gasteiger partial charge in [0, 0.05) is 18.7 Å². The molecular formula is C14H10ClF4N3O3. The second-order valence-corrected chi connectivity index (χ2v) is 5.19. The molecule has 25 heavy (non-hydrogen) atoms. The zero-order valence-corrected chi connectivity index (χ0v) is 13.5. The smallest absolute Gasteiger partial charge is 0.399 e. The fourth-order valence-corrected chi connectivity index (χ4v) is 2.25. The first-order chi connectivity index (χ1) is 11.6. The van der Waals surface area contributed by atoms with Gasteiger partial charge in [0.25, 0.3) is 5.56 Å². The van der Waals surface area contributed by atoms with Crippen LogP contribution < -0.4 is 11.2 Å². The number of rotatable bonds is 3. The van der Waals surface area contributed by atoms with Crippen LogP contribution in [0.15, 0.2) is 32.9 Å². The van der Waals surface area contributed by atoms with Crippen molar-refractivity contribution in [2.75, 3.05) is 7.11 Å². The van der Waals surface area contributed by atoms with E-state index in [0.29, 0.717) is 0 Å².